The molecule has 0 bridgehead atoms. The highest BCUT2D eigenvalue weighted by Gasteiger charge is 2.13. The Balaban J connectivity index is 1.92. The van der Waals surface area contributed by atoms with Gasteiger partial charge in [-0.15, -0.1) is 0 Å². The lowest BCUT2D eigenvalue weighted by molar-refractivity contribution is -0.136. The molecule has 0 radical (unpaired) electrons. The maximum Gasteiger partial charge on any atom is 0.329 e. The Kier molecular flexibility index (Phi) is 7.41. The van der Waals surface area contributed by atoms with Crippen molar-refractivity contribution >= 4 is 35.3 Å². The number of ether oxygens (including phenoxy) is 2. The molecule has 9 heteroatoms. The first-order valence-electron chi connectivity index (χ1n) is 7.99. The molecule has 2 rings (SSSR count). The smallest absolute Gasteiger partial charge is 0.329 e. The highest BCUT2D eigenvalue weighted by atomic mass is 35.5. The summed E-state index contributed by atoms with van der Waals surface area (Å²) in [6, 6.07) is 9.38. The van der Waals surface area contributed by atoms with Crippen LogP contribution in [0, 0.1) is 0 Å². The Labute approximate surface area is 166 Å². The van der Waals surface area contributed by atoms with Gasteiger partial charge in [0.1, 0.15) is 12.4 Å². The zero-order valence-electron chi connectivity index (χ0n) is 14.9. The second kappa shape index (κ2) is 9.98. The van der Waals surface area contributed by atoms with Crippen molar-refractivity contribution < 1.29 is 24.2 Å². The van der Waals surface area contributed by atoms with E-state index in [0.717, 1.165) is 0 Å². The molecule has 2 aromatic rings. The summed E-state index contributed by atoms with van der Waals surface area (Å²) in [6.45, 7) is 3.92. The molecule has 28 heavy (non-hydrogen) atoms. The molecule has 0 atom stereocenters. The van der Waals surface area contributed by atoms with Crippen molar-refractivity contribution in [3.8, 4) is 17.2 Å². The highest BCUT2D eigenvalue weighted by molar-refractivity contribution is 6.39. The number of hydrogen-bond acceptors (Lipinski definition) is 6. The number of hydrogen-bond donors (Lipinski definition) is 3. The third-order valence-corrected chi connectivity index (χ3v) is 3.62. The van der Waals surface area contributed by atoms with E-state index in [1.54, 1.807) is 30.3 Å². The van der Waals surface area contributed by atoms with Crippen molar-refractivity contribution in [3.05, 3.63) is 59.6 Å². The molecule has 146 valence electrons. The third kappa shape index (κ3) is 5.75. The predicted molar refractivity (Wildman–Crippen MR) is 106 cm³/mol. The number of phenolic OH excluding ortho intramolecular Hbond substituents is 1. The molecule has 0 spiro atoms. The number of phenols is 1. The van der Waals surface area contributed by atoms with Gasteiger partial charge in [0.05, 0.1) is 18.3 Å². The van der Waals surface area contributed by atoms with Crippen LogP contribution in [0.3, 0.4) is 0 Å². The van der Waals surface area contributed by atoms with E-state index in [1.165, 1.54) is 25.5 Å². The van der Waals surface area contributed by atoms with E-state index in [1.807, 2.05) is 0 Å². The molecule has 0 aromatic heterocycles. The van der Waals surface area contributed by atoms with Crippen LogP contribution < -0.4 is 20.2 Å². The topological polar surface area (TPSA) is 109 Å². The first kappa shape index (κ1) is 20.8. The predicted octanol–water partition coefficient (Wildman–Crippen LogP) is 2.71. The Morgan fingerprint density at radius 1 is 1.25 bits per heavy atom. The molecule has 8 nitrogen and oxygen atoms in total. The maximum absolute atomic E-state index is 11.9. The fourth-order valence-corrected chi connectivity index (χ4v) is 2.24. The number of anilines is 1. The highest BCUT2D eigenvalue weighted by Crippen LogP contribution is 2.34. The van der Waals surface area contributed by atoms with Crippen molar-refractivity contribution in [2.75, 3.05) is 19.0 Å². The number of hydrazone groups is 1. The van der Waals surface area contributed by atoms with Gasteiger partial charge < -0.3 is 19.9 Å². The van der Waals surface area contributed by atoms with E-state index in [-0.39, 0.29) is 16.5 Å². The van der Waals surface area contributed by atoms with Crippen molar-refractivity contribution in [1.29, 1.82) is 0 Å². The van der Waals surface area contributed by atoms with Crippen LogP contribution in [0.2, 0.25) is 5.02 Å². The van der Waals surface area contributed by atoms with Crippen molar-refractivity contribution in [2.45, 2.75) is 0 Å². The molecule has 0 aliphatic heterocycles. The Morgan fingerprint density at radius 3 is 2.61 bits per heavy atom. The van der Waals surface area contributed by atoms with Gasteiger partial charge in [0.15, 0.2) is 11.5 Å². The molecule has 0 saturated carbocycles. The third-order valence-electron chi connectivity index (χ3n) is 3.34. The van der Waals surface area contributed by atoms with Gasteiger partial charge in [0, 0.05) is 5.69 Å². The Bertz CT molecular complexity index is 897. The molecule has 0 aliphatic rings. The van der Waals surface area contributed by atoms with Gasteiger partial charge in [-0.25, -0.2) is 5.43 Å². The molecule has 0 saturated heterocycles. The number of amides is 2. The molecule has 2 aromatic carbocycles. The van der Waals surface area contributed by atoms with E-state index in [0.29, 0.717) is 23.6 Å². The lowest BCUT2D eigenvalue weighted by Crippen LogP contribution is -2.32. The van der Waals surface area contributed by atoms with E-state index >= 15 is 0 Å². The van der Waals surface area contributed by atoms with Crippen LogP contribution in [-0.2, 0) is 9.59 Å². The molecule has 0 fully saturated rings. The van der Waals surface area contributed by atoms with E-state index in [2.05, 4.69) is 22.4 Å². The number of nitrogens with one attached hydrogen (secondary N) is 2. The number of methoxy groups -OCH3 is 1. The standard InChI is InChI=1S/C19H18ClN3O5/c1-3-8-28-14-6-4-13(5-7-14)22-18(25)19(26)23-21-11-12-9-15(20)17(24)16(10-12)27-2/h3-7,9-11,24H,1,8H2,2H3,(H,22,25)(H,23,26)/b21-11-. The number of aromatic hydroxyl groups is 1. The van der Waals surface area contributed by atoms with Crippen molar-refractivity contribution in [1.82, 2.24) is 5.43 Å². The van der Waals surface area contributed by atoms with E-state index < -0.39 is 11.8 Å². The number of benzene rings is 2. The molecule has 3 N–H and O–H groups in total. The molecule has 0 unspecified atom stereocenters. The number of carbonyl (C=O) groups excluding carboxylic acids is 2. The van der Waals surface area contributed by atoms with Gasteiger partial charge in [0.25, 0.3) is 0 Å². The number of nitrogens with zero attached hydrogens (tertiary/aromatic N) is 1. The van der Waals surface area contributed by atoms with Crippen LogP contribution in [0.15, 0.2) is 54.2 Å². The summed E-state index contributed by atoms with van der Waals surface area (Å²) in [6.07, 6.45) is 2.87. The molecule has 0 aliphatic carbocycles. The second-order valence-electron chi connectivity index (χ2n) is 5.33. The van der Waals surface area contributed by atoms with Gasteiger partial charge in [-0.3, -0.25) is 9.59 Å². The Hall–Kier alpha value is -3.52. The summed E-state index contributed by atoms with van der Waals surface area (Å²) in [5.41, 5.74) is 2.97. The van der Waals surface area contributed by atoms with Crippen LogP contribution in [0.5, 0.6) is 17.2 Å². The molecule has 2 amide bonds. The average Bonchev–Trinajstić information content (AvgIpc) is 2.69. The first-order chi connectivity index (χ1) is 13.4. The van der Waals surface area contributed by atoms with Crippen molar-refractivity contribution in [2.24, 2.45) is 5.10 Å². The van der Waals surface area contributed by atoms with Gasteiger partial charge in [0.2, 0.25) is 0 Å². The molecular formula is C19H18ClN3O5. The average molecular weight is 404 g/mol. The fraction of sp³-hybridized carbons (Fsp3) is 0.105. The largest absolute Gasteiger partial charge is 0.503 e. The zero-order valence-corrected chi connectivity index (χ0v) is 15.7. The van der Waals surface area contributed by atoms with Crippen LogP contribution >= 0.6 is 11.6 Å². The lowest BCUT2D eigenvalue weighted by atomic mass is 10.2. The van der Waals surface area contributed by atoms with Crippen LogP contribution in [0.25, 0.3) is 0 Å². The summed E-state index contributed by atoms with van der Waals surface area (Å²) >= 11 is 5.86. The van der Waals surface area contributed by atoms with Crippen LogP contribution in [-0.4, -0.2) is 36.9 Å². The molecule has 0 heterocycles. The minimum absolute atomic E-state index is 0.0605. The van der Waals surface area contributed by atoms with E-state index in [4.69, 9.17) is 21.1 Å². The minimum Gasteiger partial charge on any atom is -0.503 e. The number of rotatable bonds is 7. The van der Waals surface area contributed by atoms with Gasteiger partial charge in [-0.1, -0.05) is 24.3 Å². The number of halogens is 1. The fourth-order valence-electron chi connectivity index (χ4n) is 2.02. The minimum atomic E-state index is -0.958. The monoisotopic (exact) mass is 403 g/mol. The summed E-state index contributed by atoms with van der Waals surface area (Å²) in [4.78, 5) is 23.7. The summed E-state index contributed by atoms with van der Waals surface area (Å²) < 4.78 is 10.3. The number of carbonyl (C=O) groups is 2. The van der Waals surface area contributed by atoms with Gasteiger partial charge in [-0.2, -0.15) is 5.10 Å². The zero-order chi connectivity index (χ0) is 20.5. The summed E-state index contributed by atoms with van der Waals surface area (Å²) in [7, 11) is 1.37. The Morgan fingerprint density at radius 2 is 1.96 bits per heavy atom. The maximum atomic E-state index is 11.9. The van der Waals surface area contributed by atoms with E-state index in [9.17, 15) is 14.7 Å². The lowest BCUT2D eigenvalue weighted by Gasteiger charge is -2.07. The quantitative estimate of drug-likeness (QED) is 0.285. The SMILES string of the molecule is C=CCOc1ccc(NC(=O)C(=O)N/N=C\c2cc(Cl)c(O)c(OC)c2)cc1. The van der Waals surface area contributed by atoms with Gasteiger partial charge in [-0.05, 0) is 42.0 Å². The first-order valence-corrected chi connectivity index (χ1v) is 8.37. The normalized spacial score (nSPS) is 10.4. The summed E-state index contributed by atoms with van der Waals surface area (Å²) in [5.74, 6) is -1.29. The van der Waals surface area contributed by atoms with Crippen molar-refractivity contribution in [3.63, 3.8) is 0 Å². The summed E-state index contributed by atoms with van der Waals surface area (Å²) in [5, 5.41) is 15.9. The second-order valence-corrected chi connectivity index (χ2v) is 5.74. The van der Waals surface area contributed by atoms with Crippen LogP contribution in [0.4, 0.5) is 5.69 Å². The molecular weight excluding hydrogens is 386 g/mol. The van der Waals surface area contributed by atoms with Crippen LogP contribution in [0.1, 0.15) is 5.56 Å². The van der Waals surface area contributed by atoms with Gasteiger partial charge >= 0.3 is 11.8 Å².